The van der Waals surface area contributed by atoms with Crippen LogP contribution in [-0.2, 0) is 20.1 Å². The van der Waals surface area contributed by atoms with Gasteiger partial charge >= 0.3 is 0 Å². The number of phenolic OH excluding ortho intramolecular Hbond substituents is 1. The highest BCUT2D eigenvalue weighted by Gasteiger charge is 2.05. The average Bonchev–Trinajstić information content (AvgIpc) is 2.98. The monoisotopic (exact) mass is 459 g/mol. The second-order valence-corrected chi connectivity index (χ2v) is 5.23. The molecule has 138 valence electrons. The Morgan fingerprint density at radius 2 is 2.08 bits per heavy atom. The van der Waals surface area contributed by atoms with Crippen LogP contribution in [0.25, 0.3) is 0 Å². The molecule has 0 aliphatic rings. The topological polar surface area (TPSA) is 83.7 Å². The van der Waals surface area contributed by atoms with Crippen molar-refractivity contribution in [3.63, 3.8) is 0 Å². The molecule has 0 radical (unpaired) electrons. The van der Waals surface area contributed by atoms with Crippen LogP contribution in [0.5, 0.6) is 11.5 Å². The van der Waals surface area contributed by atoms with Crippen molar-refractivity contribution in [2.24, 2.45) is 12.0 Å². The maximum Gasteiger partial charge on any atom is 0.191 e. The Balaban J connectivity index is 0.00000312. The summed E-state index contributed by atoms with van der Waals surface area (Å²) in [6.45, 7) is 6.32. The van der Waals surface area contributed by atoms with Crippen molar-refractivity contribution >= 4 is 29.9 Å². The lowest BCUT2D eigenvalue weighted by Gasteiger charge is -2.12. The summed E-state index contributed by atoms with van der Waals surface area (Å²) in [6.07, 6.45) is 1.77. The number of nitrogens with zero attached hydrogens (tertiary/aromatic N) is 3. The first-order valence-electron chi connectivity index (χ1n) is 8.07. The molecule has 2 aromatic rings. The molecule has 0 atom stereocenters. The normalized spacial score (nSPS) is 10.9. The number of guanidine groups is 1. The highest BCUT2D eigenvalue weighted by atomic mass is 127. The van der Waals surface area contributed by atoms with Crippen LogP contribution in [0.3, 0.4) is 0 Å². The molecule has 0 amide bonds. The van der Waals surface area contributed by atoms with Crippen LogP contribution >= 0.6 is 24.0 Å². The molecule has 3 N–H and O–H groups in total. The molecule has 0 saturated heterocycles. The van der Waals surface area contributed by atoms with Crippen molar-refractivity contribution in [1.29, 1.82) is 0 Å². The molecular formula is C17H26IN5O2. The predicted octanol–water partition coefficient (Wildman–Crippen LogP) is 2.40. The van der Waals surface area contributed by atoms with Gasteiger partial charge in [0.05, 0.1) is 25.4 Å². The van der Waals surface area contributed by atoms with Gasteiger partial charge in [-0.3, -0.25) is 4.68 Å². The molecule has 0 unspecified atom stereocenters. The molecule has 1 aromatic heterocycles. The SMILES string of the molecule is CCNC(=NCc1ccc(O)c(OCC)c1)NCc1ccnn1C.I. The number of aromatic hydroxyl groups is 1. The molecule has 0 bridgehead atoms. The van der Waals surface area contributed by atoms with Gasteiger partial charge in [-0.05, 0) is 37.6 Å². The fourth-order valence-corrected chi connectivity index (χ4v) is 2.19. The van der Waals surface area contributed by atoms with E-state index in [1.165, 1.54) is 0 Å². The smallest absolute Gasteiger partial charge is 0.191 e. The van der Waals surface area contributed by atoms with Gasteiger partial charge in [-0.1, -0.05) is 6.07 Å². The predicted molar refractivity (Wildman–Crippen MR) is 110 cm³/mol. The summed E-state index contributed by atoms with van der Waals surface area (Å²) in [5.41, 5.74) is 2.04. The van der Waals surface area contributed by atoms with E-state index in [-0.39, 0.29) is 29.7 Å². The molecule has 25 heavy (non-hydrogen) atoms. The van der Waals surface area contributed by atoms with Gasteiger partial charge in [-0.2, -0.15) is 5.10 Å². The third kappa shape index (κ3) is 6.45. The molecule has 7 nitrogen and oxygen atoms in total. The third-order valence-corrected chi connectivity index (χ3v) is 3.45. The summed E-state index contributed by atoms with van der Waals surface area (Å²) in [6, 6.07) is 7.25. The van der Waals surface area contributed by atoms with Crippen LogP contribution in [0.1, 0.15) is 25.1 Å². The van der Waals surface area contributed by atoms with E-state index < -0.39 is 0 Å². The van der Waals surface area contributed by atoms with E-state index in [0.717, 1.165) is 23.8 Å². The fourth-order valence-electron chi connectivity index (χ4n) is 2.19. The zero-order valence-electron chi connectivity index (χ0n) is 14.8. The van der Waals surface area contributed by atoms with Crippen LogP contribution in [0, 0.1) is 0 Å². The van der Waals surface area contributed by atoms with Crippen LogP contribution in [0.2, 0.25) is 0 Å². The minimum Gasteiger partial charge on any atom is -0.504 e. The van der Waals surface area contributed by atoms with E-state index in [2.05, 4.69) is 20.7 Å². The highest BCUT2D eigenvalue weighted by molar-refractivity contribution is 14.0. The molecule has 1 aromatic carbocycles. The van der Waals surface area contributed by atoms with Crippen molar-refractivity contribution in [2.75, 3.05) is 13.2 Å². The summed E-state index contributed by atoms with van der Waals surface area (Å²) in [5, 5.41) is 20.4. The van der Waals surface area contributed by atoms with E-state index in [0.29, 0.717) is 25.4 Å². The van der Waals surface area contributed by atoms with Gasteiger partial charge in [0.25, 0.3) is 0 Å². The summed E-state index contributed by atoms with van der Waals surface area (Å²) in [7, 11) is 1.91. The first kappa shape index (κ1) is 21.1. The lowest BCUT2D eigenvalue weighted by molar-refractivity contribution is 0.318. The van der Waals surface area contributed by atoms with E-state index in [9.17, 15) is 5.11 Å². The van der Waals surface area contributed by atoms with Crippen molar-refractivity contribution in [3.05, 3.63) is 41.7 Å². The summed E-state index contributed by atoms with van der Waals surface area (Å²) in [5.74, 6) is 1.36. The van der Waals surface area contributed by atoms with Crippen molar-refractivity contribution < 1.29 is 9.84 Å². The number of aliphatic imine (C=N–C) groups is 1. The van der Waals surface area contributed by atoms with Gasteiger partial charge in [0, 0.05) is 19.8 Å². The Labute approximate surface area is 165 Å². The van der Waals surface area contributed by atoms with Crippen LogP contribution in [-0.4, -0.2) is 34.0 Å². The number of ether oxygens (including phenoxy) is 1. The van der Waals surface area contributed by atoms with E-state index >= 15 is 0 Å². The van der Waals surface area contributed by atoms with Gasteiger partial charge in [-0.15, -0.1) is 24.0 Å². The Bertz CT molecular complexity index is 687. The molecule has 0 fully saturated rings. The molecule has 0 aliphatic heterocycles. The summed E-state index contributed by atoms with van der Waals surface area (Å²) >= 11 is 0. The Kier molecular flexibility index (Phi) is 9.11. The maximum atomic E-state index is 9.75. The molecule has 1 heterocycles. The van der Waals surface area contributed by atoms with E-state index in [4.69, 9.17) is 4.74 Å². The number of aromatic nitrogens is 2. The fraction of sp³-hybridized carbons (Fsp3) is 0.412. The molecule has 0 saturated carbocycles. The van der Waals surface area contributed by atoms with Gasteiger partial charge in [-0.25, -0.2) is 4.99 Å². The van der Waals surface area contributed by atoms with Crippen LogP contribution < -0.4 is 15.4 Å². The second-order valence-electron chi connectivity index (χ2n) is 5.23. The molecular weight excluding hydrogens is 433 g/mol. The van der Waals surface area contributed by atoms with Crippen molar-refractivity contribution in [2.45, 2.75) is 26.9 Å². The minimum atomic E-state index is 0. The van der Waals surface area contributed by atoms with Gasteiger partial charge < -0.3 is 20.5 Å². The van der Waals surface area contributed by atoms with Crippen LogP contribution in [0.15, 0.2) is 35.5 Å². The largest absolute Gasteiger partial charge is 0.504 e. The second kappa shape index (κ2) is 10.8. The number of benzene rings is 1. The van der Waals surface area contributed by atoms with Gasteiger partial charge in [0.15, 0.2) is 17.5 Å². The Morgan fingerprint density at radius 3 is 2.72 bits per heavy atom. The third-order valence-electron chi connectivity index (χ3n) is 3.45. The van der Waals surface area contributed by atoms with Crippen molar-refractivity contribution in [3.8, 4) is 11.5 Å². The maximum absolute atomic E-state index is 9.75. The lowest BCUT2D eigenvalue weighted by Crippen LogP contribution is -2.37. The lowest BCUT2D eigenvalue weighted by atomic mass is 10.2. The Morgan fingerprint density at radius 1 is 1.28 bits per heavy atom. The number of halogens is 1. The highest BCUT2D eigenvalue weighted by Crippen LogP contribution is 2.27. The first-order chi connectivity index (χ1) is 11.6. The summed E-state index contributed by atoms with van der Waals surface area (Å²) in [4.78, 5) is 4.57. The van der Waals surface area contributed by atoms with Crippen LogP contribution in [0.4, 0.5) is 0 Å². The number of phenols is 1. The zero-order valence-corrected chi connectivity index (χ0v) is 17.2. The van der Waals surface area contributed by atoms with E-state index in [1.54, 1.807) is 12.3 Å². The number of rotatable bonds is 7. The standard InChI is InChI=1S/C17H25N5O2.HI/c1-4-18-17(20-12-14-8-9-21-22(14)3)19-11-13-6-7-15(23)16(10-13)24-5-2;/h6-10,23H,4-5,11-12H2,1-3H3,(H2,18,19,20);1H. The number of nitrogens with one attached hydrogen (secondary N) is 2. The first-order valence-corrected chi connectivity index (χ1v) is 8.07. The molecule has 8 heteroatoms. The molecule has 2 rings (SSSR count). The average molecular weight is 459 g/mol. The molecule has 0 spiro atoms. The van der Waals surface area contributed by atoms with Crippen molar-refractivity contribution in [1.82, 2.24) is 20.4 Å². The number of hydrogen-bond donors (Lipinski definition) is 3. The number of hydrogen-bond acceptors (Lipinski definition) is 4. The Hall–Kier alpha value is -1.97. The minimum absolute atomic E-state index is 0. The van der Waals surface area contributed by atoms with Gasteiger partial charge in [0.1, 0.15) is 0 Å². The zero-order chi connectivity index (χ0) is 17.4. The quantitative estimate of drug-likeness (QED) is 0.337. The number of aryl methyl sites for hydroxylation is 1. The van der Waals surface area contributed by atoms with Gasteiger partial charge in [0.2, 0.25) is 0 Å². The summed E-state index contributed by atoms with van der Waals surface area (Å²) < 4.78 is 7.23. The van der Waals surface area contributed by atoms with E-state index in [1.807, 2.05) is 43.8 Å². The molecule has 0 aliphatic carbocycles.